The van der Waals surface area contributed by atoms with Gasteiger partial charge in [0.05, 0.1) is 41.3 Å². The number of aromatic nitrogens is 4. The maximum absolute atomic E-state index is 13.6. The fourth-order valence-electron chi connectivity index (χ4n) is 5.32. The number of nitrogens with zero attached hydrogens (tertiary/aromatic N) is 4. The first-order valence-corrected chi connectivity index (χ1v) is 12.2. The molecule has 0 bridgehead atoms. The Morgan fingerprint density at radius 1 is 0.944 bits per heavy atom. The molecule has 3 aromatic heterocycles. The van der Waals surface area contributed by atoms with Crippen LogP contribution in [0, 0.1) is 5.82 Å². The van der Waals surface area contributed by atoms with Gasteiger partial charge in [-0.15, -0.1) is 0 Å². The lowest BCUT2D eigenvalue weighted by Crippen LogP contribution is -2.34. The topological polar surface area (TPSA) is 80.9 Å². The molecule has 1 saturated carbocycles. The van der Waals surface area contributed by atoms with Crippen molar-refractivity contribution in [3.8, 4) is 11.3 Å². The predicted molar refractivity (Wildman–Crippen MR) is 137 cm³/mol. The van der Waals surface area contributed by atoms with E-state index in [2.05, 4.69) is 15.0 Å². The van der Waals surface area contributed by atoms with Gasteiger partial charge in [0.2, 0.25) is 0 Å². The average molecular weight is 481 g/mol. The van der Waals surface area contributed by atoms with Crippen molar-refractivity contribution in [2.45, 2.75) is 44.2 Å². The van der Waals surface area contributed by atoms with Crippen molar-refractivity contribution in [3.05, 3.63) is 101 Å². The summed E-state index contributed by atoms with van der Waals surface area (Å²) in [6.45, 7) is 0. The van der Waals surface area contributed by atoms with Gasteiger partial charge in [-0.05, 0) is 54.0 Å². The molecule has 0 spiro atoms. The van der Waals surface area contributed by atoms with Crippen LogP contribution in [0.15, 0.2) is 78.2 Å². The Kier molecular flexibility index (Phi) is 5.77. The standard InChI is InChI=1S/C29H25FN4O2/c30-21-12-20(15-31-16-21)25-10-9-18(14-32-25)11-19-13-24-28(23-6-2-1-5-22(19)23)33-17-34(29(24)36)26-7-3-4-8-27(26)35/h1-2,5-6,9-10,12-17,26-27,35H,3-4,7-8,11H2/t26-,27-/m0/s1. The van der Waals surface area contributed by atoms with Gasteiger partial charge in [0.15, 0.2) is 0 Å². The Morgan fingerprint density at radius 2 is 1.78 bits per heavy atom. The molecule has 180 valence electrons. The van der Waals surface area contributed by atoms with Gasteiger partial charge < -0.3 is 5.11 Å². The lowest BCUT2D eigenvalue weighted by Gasteiger charge is -2.29. The number of halogens is 1. The molecule has 1 N–H and O–H groups in total. The van der Waals surface area contributed by atoms with Gasteiger partial charge in [0.1, 0.15) is 5.82 Å². The number of aliphatic hydroxyl groups is 1. The third-order valence-corrected chi connectivity index (χ3v) is 7.15. The second-order valence-electron chi connectivity index (χ2n) is 9.47. The van der Waals surface area contributed by atoms with Gasteiger partial charge in [-0.25, -0.2) is 9.37 Å². The van der Waals surface area contributed by atoms with Gasteiger partial charge >= 0.3 is 0 Å². The Hall–Kier alpha value is -3.97. The van der Waals surface area contributed by atoms with Crippen LogP contribution in [0.4, 0.5) is 4.39 Å². The summed E-state index contributed by atoms with van der Waals surface area (Å²) >= 11 is 0. The molecular weight excluding hydrogens is 455 g/mol. The van der Waals surface area contributed by atoms with Crippen molar-refractivity contribution in [2.24, 2.45) is 0 Å². The summed E-state index contributed by atoms with van der Waals surface area (Å²) in [5, 5.41) is 13.1. The highest BCUT2D eigenvalue weighted by Gasteiger charge is 2.26. The van der Waals surface area contributed by atoms with Crippen LogP contribution in [0.5, 0.6) is 0 Å². The highest BCUT2D eigenvalue weighted by molar-refractivity contribution is 6.06. The molecule has 0 aliphatic heterocycles. The SMILES string of the molecule is O=c1c2cc(Cc3ccc(-c4cncc(F)c4)nc3)c3ccccc3c2ncn1[C@H]1CCCC[C@@H]1O. The third-order valence-electron chi connectivity index (χ3n) is 7.15. The maximum atomic E-state index is 13.6. The molecule has 5 aromatic rings. The first-order valence-electron chi connectivity index (χ1n) is 12.2. The summed E-state index contributed by atoms with van der Waals surface area (Å²) in [5.74, 6) is -0.402. The molecule has 2 atom stereocenters. The van der Waals surface area contributed by atoms with Gasteiger partial charge in [-0.1, -0.05) is 43.2 Å². The van der Waals surface area contributed by atoms with Gasteiger partial charge in [0.25, 0.3) is 5.56 Å². The Labute approximate surface area is 207 Å². The van der Waals surface area contributed by atoms with E-state index >= 15 is 0 Å². The smallest absolute Gasteiger partial charge is 0.261 e. The van der Waals surface area contributed by atoms with E-state index in [1.807, 2.05) is 42.5 Å². The molecule has 0 radical (unpaired) electrons. The van der Waals surface area contributed by atoms with Crippen LogP contribution in [0.3, 0.4) is 0 Å². The third kappa shape index (κ3) is 4.05. The minimum atomic E-state index is -0.534. The molecule has 1 aliphatic rings. The largest absolute Gasteiger partial charge is 0.391 e. The molecule has 2 aromatic carbocycles. The normalized spacial score (nSPS) is 18.1. The van der Waals surface area contributed by atoms with Crippen molar-refractivity contribution in [2.75, 3.05) is 0 Å². The molecule has 1 fully saturated rings. The van der Waals surface area contributed by atoms with Gasteiger partial charge in [-0.3, -0.25) is 19.3 Å². The summed E-state index contributed by atoms with van der Waals surface area (Å²) < 4.78 is 15.2. The van der Waals surface area contributed by atoms with Crippen LogP contribution in [0.25, 0.3) is 32.9 Å². The zero-order valence-electron chi connectivity index (χ0n) is 19.6. The number of rotatable bonds is 4. The number of fused-ring (bicyclic) bond motifs is 3. The number of hydrogen-bond donors (Lipinski definition) is 1. The monoisotopic (exact) mass is 480 g/mol. The van der Waals surface area contributed by atoms with Crippen LogP contribution in [0.2, 0.25) is 0 Å². The van der Waals surface area contributed by atoms with Crippen molar-refractivity contribution >= 4 is 21.7 Å². The van der Waals surface area contributed by atoms with E-state index in [1.54, 1.807) is 23.3 Å². The van der Waals surface area contributed by atoms with Gasteiger partial charge in [0, 0.05) is 23.3 Å². The summed E-state index contributed by atoms with van der Waals surface area (Å²) in [6.07, 6.45) is 9.61. The number of benzene rings is 2. The van der Waals surface area contributed by atoms with E-state index in [0.717, 1.165) is 41.2 Å². The zero-order chi connectivity index (χ0) is 24.6. The van der Waals surface area contributed by atoms with E-state index in [-0.39, 0.29) is 11.6 Å². The number of aliphatic hydroxyl groups excluding tert-OH is 1. The average Bonchev–Trinajstić information content (AvgIpc) is 2.90. The molecule has 0 saturated heterocycles. The van der Waals surface area contributed by atoms with E-state index in [0.29, 0.717) is 35.0 Å². The highest BCUT2D eigenvalue weighted by Crippen LogP contribution is 2.31. The van der Waals surface area contributed by atoms with E-state index < -0.39 is 11.9 Å². The lowest BCUT2D eigenvalue weighted by molar-refractivity contribution is 0.0735. The fraction of sp³-hybridized carbons (Fsp3) is 0.241. The molecule has 36 heavy (non-hydrogen) atoms. The van der Waals surface area contributed by atoms with Crippen molar-refractivity contribution < 1.29 is 9.50 Å². The number of pyridine rings is 2. The summed E-state index contributed by atoms with van der Waals surface area (Å²) in [4.78, 5) is 26.7. The first kappa shape index (κ1) is 22.5. The Morgan fingerprint density at radius 3 is 2.56 bits per heavy atom. The number of hydrogen-bond acceptors (Lipinski definition) is 5. The highest BCUT2D eigenvalue weighted by atomic mass is 19.1. The first-order chi connectivity index (χ1) is 17.6. The molecule has 0 unspecified atom stereocenters. The Bertz CT molecular complexity index is 1630. The zero-order valence-corrected chi connectivity index (χ0v) is 19.6. The minimum Gasteiger partial charge on any atom is -0.391 e. The summed E-state index contributed by atoms with van der Waals surface area (Å²) in [5.41, 5.74) is 3.79. The van der Waals surface area contributed by atoms with E-state index in [9.17, 15) is 14.3 Å². The molecule has 7 heteroatoms. The minimum absolute atomic E-state index is 0.120. The predicted octanol–water partition coefficient (Wildman–Crippen LogP) is 5.21. The van der Waals surface area contributed by atoms with Crippen molar-refractivity contribution in [1.29, 1.82) is 0 Å². The van der Waals surface area contributed by atoms with E-state index in [4.69, 9.17) is 0 Å². The van der Waals surface area contributed by atoms with Gasteiger partial charge in [-0.2, -0.15) is 0 Å². The van der Waals surface area contributed by atoms with Crippen molar-refractivity contribution in [1.82, 2.24) is 19.5 Å². The van der Waals surface area contributed by atoms with Crippen molar-refractivity contribution in [3.63, 3.8) is 0 Å². The molecule has 0 amide bonds. The summed E-state index contributed by atoms with van der Waals surface area (Å²) in [7, 11) is 0. The van der Waals surface area contributed by atoms with Crippen LogP contribution in [-0.4, -0.2) is 30.7 Å². The second kappa shape index (κ2) is 9.24. The maximum Gasteiger partial charge on any atom is 0.261 e. The molecule has 1 aliphatic carbocycles. The Balaban J connectivity index is 1.42. The second-order valence-corrected chi connectivity index (χ2v) is 9.47. The molecule has 3 heterocycles. The summed E-state index contributed by atoms with van der Waals surface area (Å²) in [6, 6.07) is 14.9. The molecular formula is C29H25FN4O2. The van der Waals surface area contributed by atoms with Crippen LogP contribution in [0.1, 0.15) is 42.9 Å². The van der Waals surface area contributed by atoms with Crippen LogP contribution >= 0.6 is 0 Å². The van der Waals surface area contributed by atoms with Crippen LogP contribution in [-0.2, 0) is 6.42 Å². The fourth-order valence-corrected chi connectivity index (χ4v) is 5.32. The molecule has 6 nitrogen and oxygen atoms in total. The van der Waals surface area contributed by atoms with E-state index in [1.165, 1.54) is 12.3 Å². The quantitative estimate of drug-likeness (QED) is 0.357. The lowest BCUT2D eigenvalue weighted by atomic mass is 9.92. The van der Waals surface area contributed by atoms with Crippen LogP contribution < -0.4 is 5.56 Å². The molecule has 6 rings (SSSR count).